The monoisotopic (exact) mass is 372 g/mol. The summed E-state index contributed by atoms with van der Waals surface area (Å²) in [5.41, 5.74) is 2.94. The first kappa shape index (κ1) is 17.6. The molecule has 2 aromatic rings. The fraction of sp³-hybridized carbons (Fsp3) is 0.526. The first-order chi connectivity index (χ1) is 12.5. The van der Waals surface area contributed by atoms with Crippen LogP contribution in [0.5, 0.6) is 0 Å². The highest BCUT2D eigenvalue weighted by atomic mass is 32.1. The van der Waals surface area contributed by atoms with Crippen LogP contribution in [0.4, 0.5) is 0 Å². The molecule has 2 fully saturated rings. The highest BCUT2D eigenvalue weighted by Gasteiger charge is 2.42. The molecule has 2 saturated heterocycles. The van der Waals surface area contributed by atoms with Gasteiger partial charge >= 0.3 is 0 Å². The van der Waals surface area contributed by atoms with E-state index in [1.54, 1.807) is 0 Å². The van der Waals surface area contributed by atoms with Gasteiger partial charge in [-0.25, -0.2) is 4.98 Å². The number of ether oxygens (including phenoxy) is 1. The number of thiazole rings is 1. The third-order valence-corrected chi connectivity index (χ3v) is 6.17. The zero-order chi connectivity index (χ0) is 18.3. The van der Waals surface area contributed by atoms with Gasteiger partial charge in [-0.15, -0.1) is 11.3 Å². The molecule has 0 aliphatic carbocycles. The zero-order valence-corrected chi connectivity index (χ0v) is 16.3. The van der Waals surface area contributed by atoms with Crippen LogP contribution in [0.15, 0.2) is 18.2 Å². The van der Waals surface area contributed by atoms with Crippen LogP contribution in [0.1, 0.15) is 31.8 Å². The van der Waals surface area contributed by atoms with Crippen molar-refractivity contribution in [1.29, 1.82) is 0 Å². The lowest BCUT2D eigenvalue weighted by atomic mass is 10.1. The van der Waals surface area contributed by atoms with Gasteiger partial charge in [0.2, 0.25) is 0 Å². The number of fused-ring (bicyclic) bond motifs is 1. The molecule has 0 N–H and O–H groups in total. The molecule has 0 unspecified atom stereocenters. The number of rotatable bonds is 3. The van der Waals surface area contributed by atoms with E-state index in [1.165, 1.54) is 11.3 Å². The Morgan fingerprint density at radius 2 is 2.12 bits per heavy atom. The third-order valence-electron chi connectivity index (χ3n) is 5.11. The number of likely N-dealkylation sites (tertiary alicyclic amines) is 1. The Morgan fingerprint density at radius 3 is 2.85 bits per heavy atom. The van der Waals surface area contributed by atoms with Crippen LogP contribution in [-0.2, 0) is 11.3 Å². The van der Waals surface area contributed by atoms with Crippen molar-refractivity contribution in [3.8, 4) is 0 Å². The summed E-state index contributed by atoms with van der Waals surface area (Å²) in [6.07, 6.45) is 0.0758. The molecule has 7 heteroatoms. The Morgan fingerprint density at radius 1 is 1.27 bits per heavy atom. The van der Waals surface area contributed by atoms with E-state index < -0.39 is 0 Å². The van der Waals surface area contributed by atoms with Gasteiger partial charge in [-0.3, -0.25) is 14.7 Å². The van der Waals surface area contributed by atoms with Crippen LogP contribution in [0.25, 0.3) is 0 Å². The summed E-state index contributed by atoms with van der Waals surface area (Å²) in [6.45, 7) is 9.59. The molecule has 2 aromatic heterocycles. The quantitative estimate of drug-likeness (QED) is 0.827. The molecule has 2 atom stereocenters. The smallest absolute Gasteiger partial charge is 0.266 e. The van der Waals surface area contributed by atoms with Gasteiger partial charge in [0, 0.05) is 31.9 Å². The Balaban J connectivity index is 1.49. The van der Waals surface area contributed by atoms with Gasteiger partial charge in [0.25, 0.3) is 5.91 Å². The number of amides is 1. The van der Waals surface area contributed by atoms with Crippen molar-refractivity contribution < 1.29 is 9.53 Å². The average Bonchev–Trinajstić information content (AvgIpc) is 3.18. The zero-order valence-electron chi connectivity index (χ0n) is 15.4. The number of carbonyl (C=O) groups excluding carboxylic acids is 1. The maximum atomic E-state index is 12.9. The van der Waals surface area contributed by atoms with Crippen molar-refractivity contribution in [2.45, 2.75) is 39.5 Å². The second kappa shape index (κ2) is 7.06. The van der Waals surface area contributed by atoms with Crippen LogP contribution < -0.4 is 0 Å². The van der Waals surface area contributed by atoms with Gasteiger partial charge in [0.1, 0.15) is 4.88 Å². The third kappa shape index (κ3) is 3.39. The molecule has 0 spiro atoms. The molecule has 26 heavy (non-hydrogen) atoms. The largest absolute Gasteiger partial charge is 0.373 e. The van der Waals surface area contributed by atoms with E-state index >= 15 is 0 Å². The van der Waals surface area contributed by atoms with Crippen molar-refractivity contribution in [3.05, 3.63) is 45.2 Å². The summed E-state index contributed by atoms with van der Waals surface area (Å²) in [4.78, 5) is 27.1. The number of pyridine rings is 1. The predicted molar refractivity (Wildman–Crippen MR) is 100 cm³/mol. The highest BCUT2D eigenvalue weighted by Crippen LogP contribution is 2.27. The molecule has 4 heterocycles. The number of aromatic nitrogens is 2. The van der Waals surface area contributed by atoms with E-state index in [-0.39, 0.29) is 18.1 Å². The summed E-state index contributed by atoms with van der Waals surface area (Å²) >= 11 is 1.48. The number of carbonyl (C=O) groups is 1. The number of hydrogen-bond donors (Lipinski definition) is 0. The highest BCUT2D eigenvalue weighted by molar-refractivity contribution is 7.13. The van der Waals surface area contributed by atoms with Crippen LogP contribution in [-0.4, -0.2) is 64.1 Å². The molecule has 138 valence electrons. The second-order valence-electron chi connectivity index (χ2n) is 7.07. The van der Waals surface area contributed by atoms with Crippen LogP contribution in [0.2, 0.25) is 0 Å². The van der Waals surface area contributed by atoms with Crippen LogP contribution >= 0.6 is 11.3 Å². The SMILES string of the molecule is Cc1cccc(CN2CCO[C@H]3CN(C(=O)c4sc(C)nc4C)C[C@@H]32)n1. The van der Waals surface area contributed by atoms with Gasteiger partial charge in [-0.2, -0.15) is 0 Å². The Hall–Kier alpha value is -1.83. The van der Waals surface area contributed by atoms with Gasteiger partial charge in [0.05, 0.1) is 35.1 Å². The van der Waals surface area contributed by atoms with Crippen molar-refractivity contribution in [3.63, 3.8) is 0 Å². The molecule has 6 nitrogen and oxygen atoms in total. The van der Waals surface area contributed by atoms with E-state index in [0.717, 1.165) is 40.1 Å². The van der Waals surface area contributed by atoms with E-state index in [1.807, 2.05) is 31.7 Å². The summed E-state index contributed by atoms with van der Waals surface area (Å²) in [7, 11) is 0. The van der Waals surface area contributed by atoms with Gasteiger partial charge < -0.3 is 9.64 Å². The summed E-state index contributed by atoms with van der Waals surface area (Å²) in [6, 6.07) is 6.36. The van der Waals surface area contributed by atoms with E-state index in [2.05, 4.69) is 27.0 Å². The number of nitrogens with zero attached hydrogens (tertiary/aromatic N) is 4. The first-order valence-electron chi connectivity index (χ1n) is 9.03. The Kier molecular flexibility index (Phi) is 4.77. The lowest BCUT2D eigenvalue weighted by Crippen LogP contribution is -2.50. The number of hydrogen-bond acceptors (Lipinski definition) is 6. The topological polar surface area (TPSA) is 58.6 Å². The Bertz CT molecular complexity index is 822. The van der Waals surface area contributed by atoms with E-state index in [4.69, 9.17) is 4.74 Å². The summed E-state index contributed by atoms with van der Waals surface area (Å²) in [5.74, 6) is 0.0831. The molecule has 0 saturated carbocycles. The van der Waals surface area contributed by atoms with Crippen LogP contribution in [0.3, 0.4) is 0 Å². The molecule has 2 aliphatic heterocycles. The minimum Gasteiger partial charge on any atom is -0.373 e. The summed E-state index contributed by atoms with van der Waals surface area (Å²) < 4.78 is 5.98. The fourth-order valence-corrected chi connectivity index (χ4v) is 4.78. The van der Waals surface area contributed by atoms with Crippen molar-refractivity contribution in [2.75, 3.05) is 26.2 Å². The minimum absolute atomic E-state index is 0.0758. The predicted octanol–water partition coefficient (Wildman–Crippen LogP) is 2.19. The van der Waals surface area contributed by atoms with E-state index in [9.17, 15) is 4.79 Å². The van der Waals surface area contributed by atoms with Gasteiger partial charge in [-0.05, 0) is 32.9 Å². The molecular weight excluding hydrogens is 348 g/mol. The van der Waals surface area contributed by atoms with E-state index in [0.29, 0.717) is 19.7 Å². The molecule has 0 bridgehead atoms. The summed E-state index contributed by atoms with van der Waals surface area (Å²) in [5, 5.41) is 0.936. The minimum atomic E-state index is 0.0758. The van der Waals surface area contributed by atoms with Crippen molar-refractivity contribution >= 4 is 17.2 Å². The molecule has 0 aromatic carbocycles. The van der Waals surface area contributed by atoms with Crippen molar-refractivity contribution in [2.24, 2.45) is 0 Å². The number of aryl methyl sites for hydroxylation is 3. The molecular formula is C19H24N4O2S. The normalized spacial score (nSPS) is 23.3. The fourth-order valence-electron chi connectivity index (χ4n) is 3.89. The van der Waals surface area contributed by atoms with Gasteiger partial charge in [-0.1, -0.05) is 6.07 Å². The maximum Gasteiger partial charge on any atom is 0.266 e. The van der Waals surface area contributed by atoms with Crippen LogP contribution in [0, 0.1) is 20.8 Å². The first-order valence-corrected chi connectivity index (χ1v) is 9.84. The van der Waals surface area contributed by atoms with Crippen molar-refractivity contribution in [1.82, 2.24) is 19.8 Å². The molecule has 1 amide bonds. The Labute approximate surface area is 157 Å². The molecule has 2 aliphatic rings. The molecule has 4 rings (SSSR count). The lowest BCUT2D eigenvalue weighted by molar-refractivity contribution is -0.0507. The maximum absolute atomic E-state index is 12.9. The second-order valence-corrected chi connectivity index (χ2v) is 8.28. The number of morpholine rings is 1. The standard InChI is InChI=1S/C19H24N4O2S/c1-12-5-4-6-15(20-12)9-22-7-8-25-17-11-23(10-16(17)22)19(24)18-13(2)21-14(3)26-18/h4-6,16-17H,7-11H2,1-3H3/t16-,17-/m0/s1. The average molecular weight is 372 g/mol. The molecule has 0 radical (unpaired) electrons. The lowest BCUT2D eigenvalue weighted by Gasteiger charge is -2.36. The van der Waals surface area contributed by atoms with Gasteiger partial charge in [0.15, 0.2) is 0 Å².